The molecule has 0 amide bonds. The molecule has 1 aromatic rings. The predicted octanol–water partition coefficient (Wildman–Crippen LogP) is 1.08. The lowest BCUT2D eigenvalue weighted by molar-refractivity contribution is 0.0681. The van der Waals surface area contributed by atoms with E-state index in [1.807, 2.05) is 0 Å². The van der Waals surface area contributed by atoms with E-state index in [1.54, 1.807) is 0 Å². The van der Waals surface area contributed by atoms with Crippen LogP contribution in [0.2, 0.25) is 0 Å². The SMILES string of the molecule is [2H]c1c(C(=O)O)ccc(C(=O)O)c1[2H]. The van der Waals surface area contributed by atoms with Crippen molar-refractivity contribution in [3.63, 3.8) is 0 Å². The van der Waals surface area contributed by atoms with Crippen LogP contribution in [0.15, 0.2) is 24.2 Å². The first kappa shape index (κ1) is 5.77. The van der Waals surface area contributed by atoms with E-state index in [2.05, 4.69) is 0 Å². The molecule has 0 aromatic heterocycles. The van der Waals surface area contributed by atoms with Crippen molar-refractivity contribution < 1.29 is 22.5 Å². The molecule has 0 unspecified atom stereocenters. The number of hydrogen-bond donors (Lipinski definition) is 2. The molecule has 0 aliphatic carbocycles. The van der Waals surface area contributed by atoms with Gasteiger partial charge in [-0.3, -0.25) is 0 Å². The van der Waals surface area contributed by atoms with Crippen LogP contribution in [0, 0.1) is 0 Å². The van der Waals surface area contributed by atoms with Crippen molar-refractivity contribution >= 4 is 11.9 Å². The van der Waals surface area contributed by atoms with Crippen molar-refractivity contribution in [2.24, 2.45) is 0 Å². The quantitative estimate of drug-likeness (QED) is 0.692. The Hall–Kier alpha value is -1.84. The van der Waals surface area contributed by atoms with Gasteiger partial charge in [-0.1, -0.05) is 0 Å². The Morgan fingerprint density at radius 1 is 1.08 bits per heavy atom. The second kappa shape index (κ2) is 3.04. The molecule has 0 saturated heterocycles. The average Bonchev–Trinajstić information content (AvgIpc) is 2.08. The zero-order valence-corrected chi connectivity index (χ0v) is 5.87. The molecule has 0 aliphatic heterocycles. The molecule has 0 bridgehead atoms. The van der Waals surface area contributed by atoms with Gasteiger partial charge in [0, 0.05) is 0 Å². The van der Waals surface area contributed by atoms with Crippen molar-refractivity contribution in [2.45, 2.75) is 0 Å². The van der Waals surface area contributed by atoms with E-state index in [9.17, 15) is 9.59 Å². The number of aromatic carboxylic acids is 2. The zero-order chi connectivity index (χ0) is 10.9. The van der Waals surface area contributed by atoms with Crippen molar-refractivity contribution in [1.29, 1.82) is 0 Å². The van der Waals surface area contributed by atoms with E-state index < -0.39 is 24.0 Å². The van der Waals surface area contributed by atoms with Crippen LogP contribution in [0.25, 0.3) is 0 Å². The summed E-state index contributed by atoms with van der Waals surface area (Å²) >= 11 is 0. The summed E-state index contributed by atoms with van der Waals surface area (Å²) in [5.74, 6) is -2.69. The average molecular weight is 168 g/mol. The lowest BCUT2D eigenvalue weighted by Crippen LogP contribution is -1.99. The Morgan fingerprint density at radius 3 is 1.67 bits per heavy atom. The molecule has 4 nitrogen and oxygen atoms in total. The van der Waals surface area contributed by atoms with Crippen LogP contribution in [-0.4, -0.2) is 22.2 Å². The summed E-state index contributed by atoms with van der Waals surface area (Å²) in [7, 11) is 0. The van der Waals surface area contributed by atoms with E-state index in [4.69, 9.17) is 13.0 Å². The minimum atomic E-state index is -1.35. The fourth-order valence-corrected chi connectivity index (χ4v) is 0.634. The number of carboxylic acids is 2. The normalized spacial score (nSPS) is 11.7. The molecule has 2 N–H and O–H groups in total. The molecule has 4 heteroatoms. The Morgan fingerprint density at radius 2 is 1.42 bits per heavy atom. The molecule has 12 heavy (non-hydrogen) atoms. The standard InChI is InChI=1S/C8H6O4/c9-7(10)5-1-2-6(4-3-5)8(11)12/h1-4H,(H,9,10)(H,11,12)/i1D,2D. The predicted molar refractivity (Wildman–Crippen MR) is 40.4 cm³/mol. The Bertz CT molecular complexity index is 375. The summed E-state index contributed by atoms with van der Waals surface area (Å²) in [6.07, 6.45) is 0. The minimum absolute atomic E-state index is 0.375. The van der Waals surface area contributed by atoms with Crippen molar-refractivity contribution in [2.75, 3.05) is 0 Å². The van der Waals surface area contributed by atoms with Crippen LogP contribution >= 0.6 is 0 Å². The highest BCUT2D eigenvalue weighted by atomic mass is 16.4. The topological polar surface area (TPSA) is 74.6 Å². The highest BCUT2D eigenvalue weighted by Gasteiger charge is 2.04. The van der Waals surface area contributed by atoms with Gasteiger partial charge in [-0.15, -0.1) is 0 Å². The lowest BCUT2D eigenvalue weighted by atomic mass is 10.1. The first-order chi connectivity index (χ1) is 6.45. The molecular weight excluding hydrogens is 160 g/mol. The maximum Gasteiger partial charge on any atom is 0.335 e. The van der Waals surface area contributed by atoms with Gasteiger partial charge >= 0.3 is 11.9 Å². The van der Waals surface area contributed by atoms with E-state index in [-0.39, 0.29) is 11.1 Å². The molecular formula is C8H6O4. The van der Waals surface area contributed by atoms with Gasteiger partial charge in [0.25, 0.3) is 0 Å². The number of benzene rings is 1. The van der Waals surface area contributed by atoms with E-state index in [1.165, 1.54) is 0 Å². The van der Waals surface area contributed by atoms with Gasteiger partial charge in [0.05, 0.1) is 13.9 Å². The smallest absolute Gasteiger partial charge is 0.335 e. The summed E-state index contributed by atoms with van der Waals surface area (Å²) in [5, 5.41) is 17.1. The van der Waals surface area contributed by atoms with Crippen LogP contribution in [0.1, 0.15) is 23.5 Å². The van der Waals surface area contributed by atoms with E-state index >= 15 is 0 Å². The number of hydrogen-bond acceptors (Lipinski definition) is 2. The summed E-state index contributed by atoms with van der Waals surface area (Å²) in [6, 6.07) is 0.841. The highest BCUT2D eigenvalue weighted by molar-refractivity contribution is 5.91. The summed E-state index contributed by atoms with van der Waals surface area (Å²) in [6.45, 7) is 0. The van der Waals surface area contributed by atoms with Crippen molar-refractivity contribution in [3.8, 4) is 0 Å². The molecule has 0 atom stereocenters. The molecule has 0 fully saturated rings. The van der Waals surface area contributed by atoms with E-state index in [0.717, 1.165) is 12.1 Å². The summed E-state index contributed by atoms with van der Waals surface area (Å²) < 4.78 is 14.5. The minimum Gasteiger partial charge on any atom is -0.478 e. The van der Waals surface area contributed by atoms with Crippen LogP contribution < -0.4 is 0 Å². The monoisotopic (exact) mass is 168 g/mol. The number of carbonyl (C=O) groups is 2. The second-order valence-corrected chi connectivity index (χ2v) is 2.02. The van der Waals surface area contributed by atoms with Gasteiger partial charge in [0.2, 0.25) is 0 Å². The van der Waals surface area contributed by atoms with Crippen molar-refractivity contribution in [3.05, 3.63) is 35.3 Å². The highest BCUT2D eigenvalue weighted by Crippen LogP contribution is 2.03. The third-order valence-electron chi connectivity index (χ3n) is 1.21. The third-order valence-corrected chi connectivity index (χ3v) is 1.21. The number of rotatable bonds is 2. The van der Waals surface area contributed by atoms with Gasteiger partial charge in [-0.25, -0.2) is 9.59 Å². The third kappa shape index (κ3) is 1.60. The molecule has 0 aliphatic rings. The number of carboxylic acid groups (broad SMARTS) is 2. The second-order valence-electron chi connectivity index (χ2n) is 2.02. The zero-order valence-electron chi connectivity index (χ0n) is 7.87. The fraction of sp³-hybridized carbons (Fsp3) is 0. The largest absolute Gasteiger partial charge is 0.478 e. The van der Waals surface area contributed by atoms with Gasteiger partial charge in [0.15, 0.2) is 0 Å². The van der Waals surface area contributed by atoms with Crippen molar-refractivity contribution in [1.82, 2.24) is 0 Å². The fourth-order valence-electron chi connectivity index (χ4n) is 0.634. The van der Waals surface area contributed by atoms with Crippen LogP contribution in [0.4, 0.5) is 0 Å². The Kier molecular flexibility index (Phi) is 1.46. The Labute approximate surface area is 70.9 Å². The molecule has 62 valence electrons. The van der Waals surface area contributed by atoms with E-state index in [0.29, 0.717) is 0 Å². The van der Waals surface area contributed by atoms with Crippen LogP contribution in [-0.2, 0) is 0 Å². The lowest BCUT2D eigenvalue weighted by Gasteiger charge is -1.94. The molecule has 0 heterocycles. The first-order valence-corrected chi connectivity index (χ1v) is 3.02. The molecule has 1 rings (SSSR count). The Balaban J connectivity index is 3.41. The first-order valence-electron chi connectivity index (χ1n) is 4.02. The summed E-state index contributed by atoms with van der Waals surface area (Å²) in [4.78, 5) is 21.0. The maximum atomic E-state index is 10.5. The summed E-state index contributed by atoms with van der Waals surface area (Å²) in [5.41, 5.74) is -0.750. The molecule has 1 aromatic carbocycles. The van der Waals surface area contributed by atoms with Crippen LogP contribution in [0.3, 0.4) is 0 Å². The van der Waals surface area contributed by atoms with Gasteiger partial charge < -0.3 is 10.2 Å². The molecule has 0 radical (unpaired) electrons. The molecule has 0 saturated carbocycles. The van der Waals surface area contributed by atoms with Gasteiger partial charge in [0.1, 0.15) is 0 Å². The maximum absolute atomic E-state index is 10.5. The van der Waals surface area contributed by atoms with Gasteiger partial charge in [-0.2, -0.15) is 0 Å². The van der Waals surface area contributed by atoms with Crippen LogP contribution in [0.5, 0.6) is 0 Å². The van der Waals surface area contributed by atoms with Gasteiger partial charge in [-0.05, 0) is 24.2 Å². The molecule has 0 spiro atoms.